The van der Waals surface area contributed by atoms with Crippen LogP contribution in [0.2, 0.25) is 0 Å². The molecule has 0 aromatic carbocycles. The smallest absolute Gasteiger partial charge is 0.342 e. The maximum absolute atomic E-state index is 13.5. The Hall–Kier alpha value is -0.380. The largest absolute Gasteiger partial charge is 0.486 e. The van der Waals surface area contributed by atoms with Gasteiger partial charge in [-0.25, -0.2) is 0 Å². The van der Waals surface area contributed by atoms with Crippen LogP contribution in [0.15, 0.2) is 0 Å². The maximum Gasteiger partial charge on any atom is 0.486 e. The van der Waals surface area contributed by atoms with Crippen molar-refractivity contribution >= 4 is 0 Å². The summed E-state index contributed by atoms with van der Waals surface area (Å²) in [5, 5.41) is 0. The first-order valence-corrected chi connectivity index (χ1v) is 7.02. The lowest BCUT2D eigenvalue weighted by atomic mass is 9.85. The number of hydrogen-bond donors (Lipinski definition) is 0. The molecule has 4 fully saturated rings. The first kappa shape index (κ1) is 14.2. The molecule has 120 valence electrons. The predicted molar refractivity (Wildman–Crippen MR) is 62.3 cm³/mol. The molecule has 4 rings (SSSR count). The minimum atomic E-state index is -3.65. The van der Waals surface area contributed by atoms with E-state index in [4.69, 9.17) is 28.4 Å². The van der Waals surface area contributed by atoms with Gasteiger partial charge in [0.05, 0.1) is 0 Å². The van der Waals surface area contributed by atoms with Crippen LogP contribution in [0.3, 0.4) is 0 Å². The molecule has 3 aliphatic heterocycles. The molecule has 3 saturated heterocycles. The number of alkyl halides is 2. The van der Waals surface area contributed by atoms with Gasteiger partial charge in [0.15, 0.2) is 11.6 Å². The van der Waals surface area contributed by atoms with Gasteiger partial charge < -0.3 is 18.9 Å². The molecule has 0 radical (unpaired) electrons. The number of ether oxygens (including phenoxy) is 6. The maximum atomic E-state index is 13.5. The zero-order valence-electron chi connectivity index (χ0n) is 12.2. The van der Waals surface area contributed by atoms with E-state index in [1.807, 2.05) is 0 Å². The first-order valence-electron chi connectivity index (χ1n) is 7.02. The van der Waals surface area contributed by atoms with Crippen LogP contribution < -0.4 is 0 Å². The fraction of sp³-hybridized carbons (Fsp3) is 1.00. The standard InChI is InChI=1S/C13H18F2O6/c1-11(2)16-5-6-8(19-12(3,4)17-6)10-9(7(5)18-11)20-13(14,15)21-10/h5-10H,1-4H3/t5-,6-,7-,8-,9+,10+/m0/s1. The van der Waals surface area contributed by atoms with Crippen molar-refractivity contribution in [2.75, 3.05) is 0 Å². The van der Waals surface area contributed by atoms with Crippen LogP contribution in [-0.2, 0) is 28.4 Å². The Balaban J connectivity index is 1.71. The predicted octanol–water partition coefficient (Wildman–Crippen LogP) is 1.37. The summed E-state index contributed by atoms with van der Waals surface area (Å²) in [5.74, 6) is -1.79. The van der Waals surface area contributed by atoms with E-state index in [1.54, 1.807) is 27.7 Å². The quantitative estimate of drug-likeness (QED) is 0.674. The fourth-order valence-corrected chi connectivity index (χ4v) is 3.64. The van der Waals surface area contributed by atoms with Gasteiger partial charge in [-0.3, -0.25) is 9.47 Å². The highest BCUT2D eigenvalue weighted by Gasteiger charge is 2.69. The van der Waals surface area contributed by atoms with E-state index in [0.29, 0.717) is 0 Å². The Labute approximate surface area is 120 Å². The van der Waals surface area contributed by atoms with Gasteiger partial charge in [-0.2, -0.15) is 0 Å². The van der Waals surface area contributed by atoms with E-state index < -0.39 is 54.5 Å². The Kier molecular flexibility index (Phi) is 2.66. The van der Waals surface area contributed by atoms with Gasteiger partial charge in [0.25, 0.3) is 0 Å². The molecule has 6 atom stereocenters. The van der Waals surface area contributed by atoms with E-state index in [-0.39, 0.29) is 0 Å². The zero-order chi connectivity index (χ0) is 15.2. The second-order valence-corrected chi connectivity index (χ2v) is 6.76. The summed E-state index contributed by atoms with van der Waals surface area (Å²) in [6.45, 7) is 6.91. The molecule has 1 saturated carbocycles. The van der Waals surface area contributed by atoms with E-state index in [0.717, 1.165) is 0 Å². The summed E-state index contributed by atoms with van der Waals surface area (Å²) < 4.78 is 59.6. The molecular formula is C13H18F2O6. The Morgan fingerprint density at radius 1 is 0.524 bits per heavy atom. The fourth-order valence-electron chi connectivity index (χ4n) is 3.64. The summed E-state index contributed by atoms with van der Waals surface area (Å²) in [4.78, 5) is 0. The van der Waals surface area contributed by atoms with Crippen molar-refractivity contribution in [2.45, 2.75) is 82.2 Å². The van der Waals surface area contributed by atoms with Crippen LogP contribution in [0.25, 0.3) is 0 Å². The molecule has 3 heterocycles. The van der Waals surface area contributed by atoms with Gasteiger partial charge >= 0.3 is 6.29 Å². The molecule has 0 bridgehead atoms. The highest BCUT2D eigenvalue weighted by molar-refractivity contribution is 5.10. The van der Waals surface area contributed by atoms with Crippen LogP contribution in [0.1, 0.15) is 27.7 Å². The summed E-state index contributed by atoms with van der Waals surface area (Å²) >= 11 is 0. The third-order valence-electron chi connectivity index (χ3n) is 4.17. The Morgan fingerprint density at radius 2 is 0.762 bits per heavy atom. The molecule has 6 nitrogen and oxygen atoms in total. The molecule has 21 heavy (non-hydrogen) atoms. The monoisotopic (exact) mass is 308 g/mol. The van der Waals surface area contributed by atoms with Crippen molar-refractivity contribution in [3.05, 3.63) is 0 Å². The molecule has 0 amide bonds. The SMILES string of the molecule is CC1(C)O[C@H]2[C@@H]3OC(C)(C)O[C@@H]3[C@H]3OC(F)(F)O[C@@H]3[C@H]2O1. The van der Waals surface area contributed by atoms with Crippen LogP contribution in [0, 0.1) is 0 Å². The zero-order valence-corrected chi connectivity index (χ0v) is 12.2. The summed E-state index contributed by atoms with van der Waals surface area (Å²) in [5.41, 5.74) is 0. The molecule has 0 aromatic rings. The van der Waals surface area contributed by atoms with E-state index in [1.165, 1.54) is 0 Å². The van der Waals surface area contributed by atoms with Crippen LogP contribution in [0.5, 0.6) is 0 Å². The summed E-state index contributed by atoms with van der Waals surface area (Å²) in [6.07, 6.45) is -8.00. The molecule has 0 unspecified atom stereocenters. The number of fused-ring (bicyclic) bond motifs is 6. The second-order valence-electron chi connectivity index (χ2n) is 6.76. The van der Waals surface area contributed by atoms with Crippen molar-refractivity contribution in [3.8, 4) is 0 Å². The highest BCUT2D eigenvalue weighted by atomic mass is 19.3. The van der Waals surface area contributed by atoms with Gasteiger partial charge in [0.1, 0.15) is 36.6 Å². The van der Waals surface area contributed by atoms with Gasteiger partial charge in [-0.05, 0) is 27.7 Å². The summed E-state index contributed by atoms with van der Waals surface area (Å²) in [6, 6.07) is 0. The molecule has 8 heteroatoms. The van der Waals surface area contributed by atoms with E-state index >= 15 is 0 Å². The Bertz CT molecular complexity index is 353. The number of hydrogen-bond acceptors (Lipinski definition) is 6. The molecular weight excluding hydrogens is 290 g/mol. The topological polar surface area (TPSA) is 55.4 Å². The number of halogens is 2. The van der Waals surface area contributed by atoms with Crippen LogP contribution >= 0.6 is 0 Å². The molecule has 0 spiro atoms. The van der Waals surface area contributed by atoms with Crippen molar-refractivity contribution in [2.24, 2.45) is 0 Å². The van der Waals surface area contributed by atoms with E-state index in [2.05, 4.69) is 0 Å². The lowest BCUT2D eigenvalue weighted by molar-refractivity contribution is -0.356. The molecule has 4 aliphatic rings. The second kappa shape index (κ2) is 3.93. The van der Waals surface area contributed by atoms with Crippen molar-refractivity contribution in [1.29, 1.82) is 0 Å². The molecule has 0 N–H and O–H groups in total. The van der Waals surface area contributed by atoms with Crippen molar-refractivity contribution in [3.63, 3.8) is 0 Å². The average molecular weight is 308 g/mol. The van der Waals surface area contributed by atoms with Crippen molar-refractivity contribution < 1.29 is 37.2 Å². The highest BCUT2D eigenvalue weighted by Crippen LogP contribution is 2.50. The Morgan fingerprint density at radius 3 is 1.05 bits per heavy atom. The minimum Gasteiger partial charge on any atom is -0.342 e. The van der Waals surface area contributed by atoms with E-state index in [9.17, 15) is 8.78 Å². The molecule has 1 aliphatic carbocycles. The van der Waals surface area contributed by atoms with Gasteiger partial charge in [0.2, 0.25) is 0 Å². The third-order valence-corrected chi connectivity index (χ3v) is 4.17. The van der Waals surface area contributed by atoms with Gasteiger partial charge in [0, 0.05) is 0 Å². The lowest BCUT2D eigenvalue weighted by Crippen LogP contribution is -2.60. The minimum absolute atomic E-state index is 0.537. The van der Waals surface area contributed by atoms with Gasteiger partial charge in [-0.15, -0.1) is 8.78 Å². The lowest BCUT2D eigenvalue weighted by Gasteiger charge is -2.37. The first-order chi connectivity index (χ1) is 9.57. The number of rotatable bonds is 0. The summed E-state index contributed by atoms with van der Waals surface area (Å²) in [7, 11) is 0. The van der Waals surface area contributed by atoms with Crippen LogP contribution in [0.4, 0.5) is 8.78 Å². The average Bonchev–Trinajstić information content (AvgIpc) is 2.88. The normalized spacial score (nSPS) is 52.3. The van der Waals surface area contributed by atoms with Crippen molar-refractivity contribution in [1.82, 2.24) is 0 Å². The van der Waals surface area contributed by atoms with Gasteiger partial charge in [-0.1, -0.05) is 0 Å². The van der Waals surface area contributed by atoms with Crippen LogP contribution in [-0.4, -0.2) is 54.5 Å². The molecule has 0 aromatic heterocycles. The third kappa shape index (κ3) is 2.12.